The van der Waals surface area contributed by atoms with Crippen molar-refractivity contribution >= 4 is 8.07 Å². The maximum Gasteiger partial charge on any atom is 0.0683 e. The lowest BCUT2D eigenvalue weighted by atomic mass is 9.87. The molecule has 0 bridgehead atoms. The molecule has 1 rings (SSSR count). The summed E-state index contributed by atoms with van der Waals surface area (Å²) in [6.45, 7) is 9.16. The van der Waals surface area contributed by atoms with Gasteiger partial charge in [0.05, 0.1) is 14.2 Å². The SMILES string of the molecule is CC1(/C=C/[Si](C)(C)C)CCCC1O. The van der Waals surface area contributed by atoms with Gasteiger partial charge in [0.2, 0.25) is 0 Å². The Balaban J connectivity index is 2.66. The Bertz CT molecular complexity index is 205. The third kappa shape index (κ3) is 2.95. The van der Waals surface area contributed by atoms with E-state index in [-0.39, 0.29) is 11.5 Å². The molecule has 13 heavy (non-hydrogen) atoms. The second kappa shape index (κ2) is 3.58. The fraction of sp³-hybridized carbons (Fsp3) is 0.818. The van der Waals surface area contributed by atoms with Gasteiger partial charge in [-0.2, -0.15) is 0 Å². The fourth-order valence-electron chi connectivity index (χ4n) is 1.81. The van der Waals surface area contributed by atoms with Gasteiger partial charge in [0, 0.05) is 5.41 Å². The molecule has 1 N–H and O–H groups in total. The fourth-order valence-corrected chi connectivity index (χ4v) is 2.69. The zero-order valence-corrected chi connectivity index (χ0v) is 10.3. The highest BCUT2D eigenvalue weighted by atomic mass is 28.3. The van der Waals surface area contributed by atoms with Crippen LogP contribution in [0.3, 0.4) is 0 Å². The molecule has 0 aromatic rings. The van der Waals surface area contributed by atoms with E-state index in [1.54, 1.807) is 0 Å². The molecular formula is C11H22OSi. The summed E-state index contributed by atoms with van der Waals surface area (Å²) in [5.41, 5.74) is 2.43. The Kier molecular flexibility index (Phi) is 3.03. The first-order valence-electron chi connectivity index (χ1n) is 5.22. The van der Waals surface area contributed by atoms with E-state index < -0.39 is 8.07 Å². The smallest absolute Gasteiger partial charge is 0.0683 e. The number of hydrogen-bond donors (Lipinski definition) is 1. The molecule has 1 aliphatic rings. The Hall–Kier alpha value is -0.0831. The van der Waals surface area contributed by atoms with E-state index >= 15 is 0 Å². The van der Waals surface area contributed by atoms with Crippen LogP contribution in [-0.2, 0) is 0 Å². The zero-order chi connectivity index (χ0) is 10.1. The van der Waals surface area contributed by atoms with Crippen LogP contribution in [0.5, 0.6) is 0 Å². The van der Waals surface area contributed by atoms with Gasteiger partial charge in [0.15, 0.2) is 0 Å². The predicted octanol–water partition coefficient (Wildman–Crippen LogP) is 2.97. The van der Waals surface area contributed by atoms with Crippen LogP contribution in [0.4, 0.5) is 0 Å². The van der Waals surface area contributed by atoms with Crippen molar-refractivity contribution in [1.82, 2.24) is 0 Å². The van der Waals surface area contributed by atoms with Gasteiger partial charge in [0.1, 0.15) is 0 Å². The minimum absolute atomic E-state index is 0.0697. The first-order chi connectivity index (χ1) is 5.83. The Morgan fingerprint density at radius 1 is 1.38 bits per heavy atom. The van der Waals surface area contributed by atoms with E-state index in [4.69, 9.17) is 0 Å². The van der Waals surface area contributed by atoms with Crippen molar-refractivity contribution in [1.29, 1.82) is 0 Å². The second-order valence-corrected chi connectivity index (χ2v) is 10.7. The van der Waals surface area contributed by atoms with Crippen LogP contribution in [0, 0.1) is 5.41 Å². The van der Waals surface area contributed by atoms with Gasteiger partial charge in [-0.25, -0.2) is 0 Å². The maximum atomic E-state index is 9.81. The number of aliphatic hydroxyl groups is 1. The zero-order valence-electron chi connectivity index (χ0n) is 9.30. The molecule has 0 aromatic heterocycles. The van der Waals surface area contributed by atoms with Crippen LogP contribution < -0.4 is 0 Å². The van der Waals surface area contributed by atoms with Gasteiger partial charge < -0.3 is 5.11 Å². The molecule has 0 radical (unpaired) electrons. The van der Waals surface area contributed by atoms with Crippen molar-refractivity contribution < 1.29 is 5.11 Å². The van der Waals surface area contributed by atoms with E-state index in [2.05, 4.69) is 38.3 Å². The molecule has 0 saturated heterocycles. The quantitative estimate of drug-likeness (QED) is 0.676. The van der Waals surface area contributed by atoms with E-state index in [1.165, 1.54) is 6.42 Å². The van der Waals surface area contributed by atoms with Crippen molar-refractivity contribution in [2.45, 2.75) is 51.9 Å². The molecule has 0 spiro atoms. The summed E-state index contributed by atoms with van der Waals surface area (Å²) in [6, 6.07) is 0. The second-order valence-electron chi connectivity index (χ2n) is 5.61. The van der Waals surface area contributed by atoms with Crippen molar-refractivity contribution in [3.05, 3.63) is 11.8 Å². The van der Waals surface area contributed by atoms with Crippen LogP contribution in [0.25, 0.3) is 0 Å². The van der Waals surface area contributed by atoms with E-state index in [9.17, 15) is 5.11 Å². The van der Waals surface area contributed by atoms with E-state index in [0.717, 1.165) is 12.8 Å². The highest BCUT2D eigenvalue weighted by molar-refractivity contribution is 6.80. The Labute approximate surface area is 82.9 Å². The lowest BCUT2D eigenvalue weighted by molar-refractivity contribution is 0.0989. The predicted molar refractivity (Wildman–Crippen MR) is 60.5 cm³/mol. The first-order valence-corrected chi connectivity index (χ1v) is 8.80. The molecule has 2 heteroatoms. The van der Waals surface area contributed by atoms with Crippen molar-refractivity contribution in [2.24, 2.45) is 5.41 Å². The standard InChI is InChI=1S/C11H22OSi/c1-11(7-5-6-10(11)12)8-9-13(2,3)4/h8-10,12H,5-7H2,1-4H3/b9-8+. The molecule has 1 fully saturated rings. The third-order valence-corrected chi connectivity index (χ3v) is 4.08. The van der Waals surface area contributed by atoms with Gasteiger partial charge in [-0.1, -0.05) is 38.3 Å². The molecule has 2 unspecified atom stereocenters. The van der Waals surface area contributed by atoms with Crippen LogP contribution in [0.2, 0.25) is 19.6 Å². The highest BCUT2D eigenvalue weighted by Crippen LogP contribution is 2.39. The summed E-state index contributed by atoms with van der Waals surface area (Å²) in [4.78, 5) is 0. The molecule has 1 aliphatic carbocycles. The first kappa shape index (κ1) is 11.0. The summed E-state index contributed by atoms with van der Waals surface area (Å²) in [7, 11) is -1.09. The van der Waals surface area contributed by atoms with Crippen LogP contribution in [-0.4, -0.2) is 19.3 Å². The molecule has 0 aliphatic heterocycles. The van der Waals surface area contributed by atoms with Crippen LogP contribution >= 0.6 is 0 Å². The summed E-state index contributed by atoms with van der Waals surface area (Å²) in [5.74, 6) is 0. The Morgan fingerprint density at radius 3 is 2.38 bits per heavy atom. The molecule has 0 aromatic carbocycles. The molecular weight excluding hydrogens is 176 g/mol. The summed E-state index contributed by atoms with van der Waals surface area (Å²) < 4.78 is 0. The lowest BCUT2D eigenvalue weighted by Crippen LogP contribution is -2.26. The van der Waals surface area contributed by atoms with Gasteiger partial charge in [-0.3, -0.25) is 0 Å². The lowest BCUT2D eigenvalue weighted by Gasteiger charge is -2.25. The van der Waals surface area contributed by atoms with Gasteiger partial charge in [-0.15, -0.1) is 0 Å². The molecule has 0 amide bonds. The molecule has 0 heterocycles. The summed E-state index contributed by atoms with van der Waals surface area (Å²) in [6.07, 6.45) is 5.46. The number of rotatable bonds is 2. The Morgan fingerprint density at radius 2 is 2.00 bits per heavy atom. The topological polar surface area (TPSA) is 20.2 Å². The minimum atomic E-state index is -1.09. The van der Waals surface area contributed by atoms with Gasteiger partial charge in [-0.05, 0) is 19.3 Å². The molecule has 1 nitrogen and oxygen atoms in total. The third-order valence-electron chi connectivity index (χ3n) is 2.92. The van der Waals surface area contributed by atoms with Gasteiger partial charge in [0.25, 0.3) is 0 Å². The van der Waals surface area contributed by atoms with E-state index in [1.807, 2.05) is 0 Å². The molecule has 76 valence electrons. The maximum absolute atomic E-state index is 9.81. The largest absolute Gasteiger partial charge is 0.392 e. The number of hydrogen-bond acceptors (Lipinski definition) is 1. The summed E-state index contributed by atoms with van der Waals surface area (Å²) >= 11 is 0. The minimum Gasteiger partial charge on any atom is -0.392 e. The normalized spacial score (nSPS) is 35.9. The molecule has 1 saturated carbocycles. The number of aliphatic hydroxyl groups excluding tert-OH is 1. The van der Waals surface area contributed by atoms with Crippen LogP contribution in [0.15, 0.2) is 11.8 Å². The van der Waals surface area contributed by atoms with Crippen LogP contribution in [0.1, 0.15) is 26.2 Å². The van der Waals surface area contributed by atoms with E-state index in [0.29, 0.717) is 0 Å². The van der Waals surface area contributed by atoms with Crippen molar-refractivity contribution in [3.63, 3.8) is 0 Å². The molecule has 2 atom stereocenters. The summed E-state index contributed by atoms with van der Waals surface area (Å²) in [5, 5.41) is 9.81. The van der Waals surface area contributed by atoms with Crippen molar-refractivity contribution in [3.8, 4) is 0 Å². The average Bonchev–Trinajstić information content (AvgIpc) is 2.29. The highest BCUT2D eigenvalue weighted by Gasteiger charge is 2.35. The monoisotopic (exact) mass is 198 g/mol. The van der Waals surface area contributed by atoms with Crippen molar-refractivity contribution in [2.75, 3.05) is 0 Å². The van der Waals surface area contributed by atoms with Gasteiger partial charge >= 0.3 is 0 Å². The average molecular weight is 198 g/mol.